The molecule has 0 saturated heterocycles. The molecule has 0 aromatic rings. The molecule has 2 N–H and O–H groups in total. The monoisotopic (exact) mass is 228 g/mol. The Morgan fingerprint density at radius 1 is 1.25 bits per heavy atom. The molecule has 0 radical (unpaired) electrons. The van der Waals surface area contributed by atoms with E-state index < -0.39 is 0 Å². The van der Waals surface area contributed by atoms with Crippen molar-refractivity contribution in [2.45, 2.75) is 45.6 Å². The van der Waals surface area contributed by atoms with Crippen LogP contribution in [0.1, 0.15) is 39.5 Å². The van der Waals surface area contributed by atoms with E-state index >= 15 is 0 Å². The van der Waals surface area contributed by atoms with Crippen molar-refractivity contribution in [3.63, 3.8) is 0 Å². The van der Waals surface area contributed by atoms with Crippen LogP contribution in [0.4, 0.5) is 0 Å². The maximum absolute atomic E-state index is 9.56. The van der Waals surface area contributed by atoms with E-state index in [1.54, 1.807) is 0 Å². The summed E-state index contributed by atoms with van der Waals surface area (Å²) in [6, 6.07) is 0. The van der Waals surface area contributed by atoms with Crippen molar-refractivity contribution in [1.29, 1.82) is 0 Å². The van der Waals surface area contributed by atoms with Crippen molar-refractivity contribution < 1.29 is 5.11 Å². The van der Waals surface area contributed by atoms with Crippen LogP contribution in [-0.4, -0.2) is 48.8 Å². The van der Waals surface area contributed by atoms with Crippen molar-refractivity contribution in [2.75, 3.05) is 32.7 Å². The third-order valence-electron chi connectivity index (χ3n) is 3.69. The number of aliphatic hydroxyl groups is 1. The van der Waals surface area contributed by atoms with Gasteiger partial charge < -0.3 is 15.3 Å². The van der Waals surface area contributed by atoms with Crippen molar-refractivity contribution >= 4 is 0 Å². The van der Waals surface area contributed by atoms with Crippen LogP contribution in [0.15, 0.2) is 0 Å². The molecule has 0 aromatic carbocycles. The second-order valence-corrected chi connectivity index (χ2v) is 4.92. The van der Waals surface area contributed by atoms with Gasteiger partial charge in [0.05, 0.1) is 6.10 Å². The largest absolute Gasteiger partial charge is 0.393 e. The molecule has 2 unspecified atom stereocenters. The molecule has 1 saturated carbocycles. The van der Waals surface area contributed by atoms with Gasteiger partial charge in [0.2, 0.25) is 0 Å². The molecule has 96 valence electrons. The number of aliphatic hydroxyl groups excluding tert-OH is 1. The molecule has 0 aliphatic heterocycles. The zero-order valence-electron chi connectivity index (χ0n) is 10.9. The first-order valence-electron chi connectivity index (χ1n) is 6.87. The Morgan fingerprint density at radius 3 is 2.62 bits per heavy atom. The van der Waals surface area contributed by atoms with E-state index in [0.717, 1.165) is 45.6 Å². The Morgan fingerprint density at radius 2 is 2.00 bits per heavy atom. The van der Waals surface area contributed by atoms with Gasteiger partial charge in [0.1, 0.15) is 0 Å². The SMILES string of the molecule is CCN(CC)CCNCC1CCCC(O)C1. The Kier molecular flexibility index (Phi) is 7.01. The molecule has 2 atom stereocenters. The molecule has 1 aliphatic rings. The summed E-state index contributed by atoms with van der Waals surface area (Å²) in [6.45, 7) is 10.00. The maximum atomic E-state index is 9.56. The molecule has 0 heterocycles. The molecule has 1 fully saturated rings. The van der Waals surface area contributed by atoms with Crippen LogP contribution in [0.25, 0.3) is 0 Å². The van der Waals surface area contributed by atoms with Gasteiger partial charge in [-0.1, -0.05) is 20.3 Å². The lowest BCUT2D eigenvalue weighted by atomic mass is 9.87. The van der Waals surface area contributed by atoms with E-state index in [9.17, 15) is 5.11 Å². The smallest absolute Gasteiger partial charge is 0.0543 e. The molecule has 3 nitrogen and oxygen atoms in total. The summed E-state index contributed by atoms with van der Waals surface area (Å²) in [6.07, 6.45) is 4.45. The number of nitrogens with one attached hydrogen (secondary N) is 1. The lowest BCUT2D eigenvalue weighted by Crippen LogP contribution is -2.35. The van der Waals surface area contributed by atoms with Gasteiger partial charge in [0.25, 0.3) is 0 Å². The van der Waals surface area contributed by atoms with Gasteiger partial charge in [-0.15, -0.1) is 0 Å². The standard InChI is InChI=1S/C13H28N2O/c1-3-15(4-2)9-8-14-11-12-6-5-7-13(16)10-12/h12-14,16H,3-11H2,1-2H3. The number of rotatable bonds is 7. The van der Waals surface area contributed by atoms with Crippen molar-refractivity contribution in [1.82, 2.24) is 10.2 Å². The Bertz CT molecular complexity index is 171. The zero-order chi connectivity index (χ0) is 11.8. The van der Waals surface area contributed by atoms with Crippen LogP contribution in [0.5, 0.6) is 0 Å². The third kappa shape index (κ3) is 5.28. The molecule has 0 spiro atoms. The highest BCUT2D eigenvalue weighted by Gasteiger charge is 2.19. The summed E-state index contributed by atoms with van der Waals surface area (Å²) < 4.78 is 0. The minimum Gasteiger partial charge on any atom is -0.393 e. The van der Waals surface area contributed by atoms with E-state index in [1.165, 1.54) is 12.8 Å². The predicted octanol–water partition coefficient (Wildman–Crippen LogP) is 1.47. The molecule has 3 heteroatoms. The highest BCUT2D eigenvalue weighted by atomic mass is 16.3. The number of likely N-dealkylation sites (N-methyl/N-ethyl adjacent to an activating group) is 1. The van der Waals surface area contributed by atoms with E-state index in [2.05, 4.69) is 24.1 Å². The lowest BCUT2D eigenvalue weighted by molar-refractivity contribution is 0.100. The van der Waals surface area contributed by atoms with Gasteiger partial charge in [-0.2, -0.15) is 0 Å². The molecule has 0 bridgehead atoms. The molecule has 1 aliphatic carbocycles. The quantitative estimate of drug-likeness (QED) is 0.648. The fraction of sp³-hybridized carbons (Fsp3) is 1.00. The topological polar surface area (TPSA) is 35.5 Å². The summed E-state index contributed by atoms with van der Waals surface area (Å²) in [5.41, 5.74) is 0. The number of hydrogen-bond donors (Lipinski definition) is 2. The van der Waals surface area contributed by atoms with Crippen LogP contribution in [-0.2, 0) is 0 Å². The first-order valence-corrected chi connectivity index (χ1v) is 6.87. The average Bonchev–Trinajstić information content (AvgIpc) is 2.29. The molecule has 1 rings (SSSR count). The predicted molar refractivity (Wildman–Crippen MR) is 68.6 cm³/mol. The highest BCUT2D eigenvalue weighted by molar-refractivity contribution is 4.73. The normalized spacial score (nSPS) is 26.2. The summed E-state index contributed by atoms with van der Waals surface area (Å²) >= 11 is 0. The fourth-order valence-corrected chi connectivity index (χ4v) is 2.53. The van der Waals surface area contributed by atoms with Gasteiger partial charge in [-0.05, 0) is 44.8 Å². The summed E-state index contributed by atoms with van der Waals surface area (Å²) in [7, 11) is 0. The third-order valence-corrected chi connectivity index (χ3v) is 3.69. The Labute approximate surface area is 100 Å². The Hall–Kier alpha value is -0.120. The maximum Gasteiger partial charge on any atom is 0.0543 e. The van der Waals surface area contributed by atoms with Gasteiger partial charge >= 0.3 is 0 Å². The van der Waals surface area contributed by atoms with Crippen LogP contribution in [0.2, 0.25) is 0 Å². The van der Waals surface area contributed by atoms with Crippen LogP contribution >= 0.6 is 0 Å². The highest BCUT2D eigenvalue weighted by Crippen LogP contribution is 2.23. The molecular weight excluding hydrogens is 200 g/mol. The van der Waals surface area contributed by atoms with Crippen LogP contribution < -0.4 is 5.32 Å². The van der Waals surface area contributed by atoms with Crippen LogP contribution in [0.3, 0.4) is 0 Å². The summed E-state index contributed by atoms with van der Waals surface area (Å²) in [5, 5.41) is 13.1. The van der Waals surface area contributed by atoms with E-state index in [0.29, 0.717) is 5.92 Å². The molecular formula is C13H28N2O. The van der Waals surface area contributed by atoms with Crippen LogP contribution in [0, 0.1) is 5.92 Å². The summed E-state index contributed by atoms with van der Waals surface area (Å²) in [4.78, 5) is 2.43. The molecule has 16 heavy (non-hydrogen) atoms. The fourth-order valence-electron chi connectivity index (χ4n) is 2.53. The minimum atomic E-state index is -0.0386. The van der Waals surface area contributed by atoms with Crippen molar-refractivity contribution in [3.05, 3.63) is 0 Å². The molecule has 0 amide bonds. The van der Waals surface area contributed by atoms with Gasteiger partial charge in [0, 0.05) is 13.1 Å². The van der Waals surface area contributed by atoms with Gasteiger partial charge in [0.15, 0.2) is 0 Å². The first-order chi connectivity index (χ1) is 7.76. The second-order valence-electron chi connectivity index (χ2n) is 4.92. The van der Waals surface area contributed by atoms with E-state index in [1.807, 2.05) is 0 Å². The van der Waals surface area contributed by atoms with E-state index in [4.69, 9.17) is 0 Å². The van der Waals surface area contributed by atoms with Crippen molar-refractivity contribution in [2.24, 2.45) is 5.92 Å². The lowest BCUT2D eigenvalue weighted by Gasteiger charge is -2.26. The zero-order valence-corrected chi connectivity index (χ0v) is 10.9. The summed E-state index contributed by atoms with van der Waals surface area (Å²) in [5.74, 6) is 0.695. The molecule has 0 aromatic heterocycles. The van der Waals surface area contributed by atoms with Gasteiger partial charge in [-0.3, -0.25) is 0 Å². The second kappa shape index (κ2) is 8.04. The van der Waals surface area contributed by atoms with Gasteiger partial charge in [-0.25, -0.2) is 0 Å². The number of nitrogens with zero attached hydrogens (tertiary/aromatic N) is 1. The Balaban J connectivity index is 2.02. The first kappa shape index (κ1) is 13.9. The number of hydrogen-bond acceptors (Lipinski definition) is 3. The average molecular weight is 228 g/mol. The van der Waals surface area contributed by atoms with E-state index in [-0.39, 0.29) is 6.10 Å². The van der Waals surface area contributed by atoms with Crippen molar-refractivity contribution in [3.8, 4) is 0 Å². The minimum absolute atomic E-state index is 0.0386.